The summed E-state index contributed by atoms with van der Waals surface area (Å²) >= 11 is 0. The van der Waals surface area contributed by atoms with Crippen molar-refractivity contribution in [3.8, 4) is 0 Å². The van der Waals surface area contributed by atoms with Crippen LogP contribution in [0.4, 0.5) is 10.1 Å². The molecule has 0 unspecified atom stereocenters. The van der Waals surface area contributed by atoms with Crippen LogP contribution in [0.5, 0.6) is 0 Å². The summed E-state index contributed by atoms with van der Waals surface area (Å²) in [5, 5.41) is 2.54. The first-order valence-corrected chi connectivity index (χ1v) is 9.85. The van der Waals surface area contributed by atoms with Crippen LogP contribution >= 0.6 is 0 Å². The third kappa shape index (κ3) is 4.69. The molecular weight excluding hydrogens is 371 g/mol. The second-order valence-corrected chi connectivity index (χ2v) is 8.25. The lowest BCUT2D eigenvalue weighted by molar-refractivity contribution is -0.116. The lowest BCUT2D eigenvalue weighted by Crippen LogP contribution is -2.37. The number of aryl methyl sites for hydroxylation is 1. The van der Waals surface area contributed by atoms with Gasteiger partial charge in [0.25, 0.3) is 0 Å². The summed E-state index contributed by atoms with van der Waals surface area (Å²) in [6.07, 6.45) is 1.60. The van der Waals surface area contributed by atoms with Crippen molar-refractivity contribution in [2.24, 2.45) is 0 Å². The molecule has 7 nitrogen and oxygen atoms in total. The van der Waals surface area contributed by atoms with Gasteiger partial charge < -0.3 is 9.88 Å². The molecule has 0 atom stereocenters. The maximum absolute atomic E-state index is 12.9. The lowest BCUT2D eigenvalue weighted by Gasteiger charge is -2.17. The molecule has 0 radical (unpaired) electrons. The predicted octanol–water partition coefficient (Wildman–Crippen LogP) is 2.08. The number of carbonyl (C=O) groups excluding carboxylic acids is 1. The van der Waals surface area contributed by atoms with Gasteiger partial charge in [0, 0.05) is 19.3 Å². The van der Waals surface area contributed by atoms with E-state index in [0.717, 1.165) is 15.3 Å². The first-order chi connectivity index (χ1) is 12.8. The number of hydrogen-bond acceptors (Lipinski definition) is 4. The second kappa shape index (κ2) is 7.85. The molecule has 0 aliphatic carbocycles. The number of para-hydroxylation sites is 2. The van der Waals surface area contributed by atoms with Crippen LogP contribution in [-0.4, -0.2) is 47.5 Å². The molecule has 3 aromatic rings. The first-order valence-electron chi connectivity index (χ1n) is 8.24. The number of halogens is 1. The number of hydrogen-bond donors (Lipinski definition) is 1. The molecule has 2 aromatic carbocycles. The van der Waals surface area contributed by atoms with Crippen molar-refractivity contribution in [2.45, 2.75) is 6.54 Å². The predicted molar refractivity (Wildman–Crippen MR) is 101 cm³/mol. The molecule has 1 amide bonds. The zero-order valence-corrected chi connectivity index (χ0v) is 15.5. The number of anilines is 1. The van der Waals surface area contributed by atoms with E-state index in [1.807, 2.05) is 24.3 Å². The molecule has 1 heterocycles. The fourth-order valence-electron chi connectivity index (χ4n) is 2.59. The van der Waals surface area contributed by atoms with Gasteiger partial charge in [-0.1, -0.05) is 12.1 Å². The summed E-state index contributed by atoms with van der Waals surface area (Å²) in [5.41, 5.74) is 2.04. The highest BCUT2D eigenvalue weighted by molar-refractivity contribution is 7.89. The summed E-state index contributed by atoms with van der Waals surface area (Å²) in [6.45, 7) is -0.100. The number of fused-ring (bicyclic) bond motifs is 1. The van der Waals surface area contributed by atoms with Gasteiger partial charge in [-0.25, -0.2) is 17.8 Å². The molecule has 9 heteroatoms. The Bertz CT molecular complexity index is 1050. The summed E-state index contributed by atoms with van der Waals surface area (Å²) in [5.74, 6) is -1.08. The zero-order chi connectivity index (χ0) is 19.4. The fourth-order valence-corrected chi connectivity index (χ4v) is 3.65. The number of aromatic nitrogens is 2. The number of carbonyl (C=O) groups is 1. The Morgan fingerprint density at radius 2 is 1.89 bits per heavy atom. The number of nitrogens with one attached hydrogen (secondary N) is 1. The Hall–Kier alpha value is -2.78. The second-order valence-electron chi connectivity index (χ2n) is 6.05. The summed E-state index contributed by atoms with van der Waals surface area (Å²) < 4.78 is 40.6. The molecule has 1 aromatic heterocycles. The number of benzene rings is 2. The monoisotopic (exact) mass is 390 g/mol. The third-order valence-corrected chi connectivity index (χ3v) is 5.86. The average molecular weight is 390 g/mol. The molecule has 0 saturated carbocycles. The van der Waals surface area contributed by atoms with E-state index in [1.54, 1.807) is 10.9 Å². The van der Waals surface area contributed by atoms with Gasteiger partial charge in [-0.2, -0.15) is 4.31 Å². The number of likely N-dealkylation sites (N-methyl/N-ethyl adjacent to an activating group) is 1. The quantitative estimate of drug-likeness (QED) is 0.669. The van der Waals surface area contributed by atoms with Crippen LogP contribution in [0.1, 0.15) is 0 Å². The van der Waals surface area contributed by atoms with Gasteiger partial charge in [-0.15, -0.1) is 0 Å². The van der Waals surface area contributed by atoms with Crippen LogP contribution in [0.3, 0.4) is 0 Å². The van der Waals surface area contributed by atoms with Crippen molar-refractivity contribution in [3.05, 3.63) is 60.7 Å². The maximum Gasteiger partial charge on any atom is 0.239 e. The Labute approximate surface area is 156 Å². The number of nitrogens with zero attached hydrogens (tertiary/aromatic N) is 3. The molecule has 0 bridgehead atoms. The van der Waals surface area contributed by atoms with Crippen molar-refractivity contribution in [1.29, 1.82) is 0 Å². The van der Waals surface area contributed by atoms with Crippen LogP contribution in [0.15, 0.2) is 54.9 Å². The van der Waals surface area contributed by atoms with Crippen LogP contribution in [0, 0.1) is 5.82 Å². The van der Waals surface area contributed by atoms with Gasteiger partial charge in [0.1, 0.15) is 5.82 Å². The van der Waals surface area contributed by atoms with E-state index in [0.29, 0.717) is 5.69 Å². The van der Waals surface area contributed by atoms with Gasteiger partial charge >= 0.3 is 0 Å². The molecule has 142 valence electrons. The van der Waals surface area contributed by atoms with E-state index >= 15 is 0 Å². The van der Waals surface area contributed by atoms with Crippen molar-refractivity contribution in [2.75, 3.05) is 24.7 Å². The van der Waals surface area contributed by atoms with Crippen molar-refractivity contribution in [1.82, 2.24) is 13.9 Å². The van der Waals surface area contributed by atoms with Crippen LogP contribution in [-0.2, 0) is 21.4 Å². The van der Waals surface area contributed by atoms with Gasteiger partial charge in [0.15, 0.2) is 0 Å². The Balaban J connectivity index is 1.58. The normalized spacial score (nSPS) is 11.8. The van der Waals surface area contributed by atoms with Crippen LogP contribution in [0.2, 0.25) is 0 Å². The van der Waals surface area contributed by atoms with Gasteiger partial charge in [-0.05, 0) is 36.4 Å². The fraction of sp³-hybridized carbons (Fsp3) is 0.222. The molecule has 0 spiro atoms. The number of imidazole rings is 1. The van der Waals surface area contributed by atoms with Crippen molar-refractivity contribution < 1.29 is 17.6 Å². The van der Waals surface area contributed by atoms with Crippen molar-refractivity contribution in [3.63, 3.8) is 0 Å². The molecule has 27 heavy (non-hydrogen) atoms. The van der Waals surface area contributed by atoms with Crippen LogP contribution in [0.25, 0.3) is 11.0 Å². The van der Waals surface area contributed by atoms with E-state index in [2.05, 4.69) is 10.3 Å². The average Bonchev–Trinajstić information content (AvgIpc) is 3.05. The summed E-state index contributed by atoms with van der Waals surface area (Å²) in [4.78, 5) is 16.3. The maximum atomic E-state index is 12.9. The Morgan fingerprint density at radius 1 is 1.19 bits per heavy atom. The minimum Gasteiger partial charge on any atom is -0.330 e. The number of amides is 1. The van der Waals surface area contributed by atoms with Gasteiger partial charge in [0.05, 0.1) is 29.7 Å². The minimum absolute atomic E-state index is 0.159. The van der Waals surface area contributed by atoms with E-state index in [-0.39, 0.29) is 18.8 Å². The zero-order valence-electron chi connectivity index (χ0n) is 14.7. The smallest absolute Gasteiger partial charge is 0.239 e. The van der Waals surface area contributed by atoms with E-state index in [4.69, 9.17) is 0 Å². The standard InChI is InChI=1S/C18H19FN4O3S/c1-22(12-18(24)21-15-8-6-14(19)7-9-15)27(25,26)11-10-23-13-20-16-4-2-3-5-17(16)23/h2-9,13H,10-12H2,1H3,(H,21,24). The molecule has 0 saturated heterocycles. The third-order valence-electron chi connectivity index (χ3n) is 4.09. The molecule has 0 aliphatic rings. The molecule has 3 rings (SSSR count). The van der Waals surface area contributed by atoms with Crippen LogP contribution < -0.4 is 5.32 Å². The first kappa shape index (κ1) is 19.0. The lowest BCUT2D eigenvalue weighted by atomic mass is 10.3. The van der Waals surface area contributed by atoms with Crippen molar-refractivity contribution >= 4 is 32.7 Å². The molecule has 0 aliphatic heterocycles. The highest BCUT2D eigenvalue weighted by atomic mass is 32.2. The molecule has 0 fully saturated rings. The summed E-state index contributed by atoms with van der Waals surface area (Å²) in [6, 6.07) is 12.7. The van der Waals surface area contributed by atoms with Gasteiger partial charge in [0.2, 0.25) is 15.9 Å². The highest BCUT2D eigenvalue weighted by Gasteiger charge is 2.21. The summed E-state index contributed by atoms with van der Waals surface area (Å²) in [7, 11) is -2.28. The van der Waals surface area contributed by atoms with Gasteiger partial charge in [-0.3, -0.25) is 4.79 Å². The minimum atomic E-state index is -3.64. The van der Waals surface area contributed by atoms with E-state index in [1.165, 1.54) is 31.3 Å². The SMILES string of the molecule is CN(CC(=O)Nc1ccc(F)cc1)S(=O)(=O)CCn1cnc2ccccc21. The van der Waals surface area contributed by atoms with E-state index < -0.39 is 21.7 Å². The Kier molecular flexibility index (Phi) is 5.52. The van der Waals surface area contributed by atoms with E-state index in [9.17, 15) is 17.6 Å². The molecule has 1 N–H and O–H groups in total. The highest BCUT2D eigenvalue weighted by Crippen LogP contribution is 2.13. The topological polar surface area (TPSA) is 84.3 Å². The molecular formula is C18H19FN4O3S. The largest absolute Gasteiger partial charge is 0.330 e. The number of sulfonamides is 1. The Morgan fingerprint density at radius 3 is 2.63 bits per heavy atom. The number of rotatable bonds is 7.